The summed E-state index contributed by atoms with van der Waals surface area (Å²) in [5.74, 6) is 3.72. The van der Waals surface area contributed by atoms with Crippen molar-refractivity contribution >= 4 is 40.3 Å². The van der Waals surface area contributed by atoms with Crippen LogP contribution in [0, 0.1) is 12.3 Å². The molecule has 3 heterocycles. The van der Waals surface area contributed by atoms with Crippen molar-refractivity contribution < 1.29 is 4.79 Å². The Hall–Kier alpha value is -4.42. The maximum atomic E-state index is 12.7. The number of anilines is 4. The lowest BCUT2D eigenvalue weighted by molar-refractivity contribution is 0.0917. The van der Waals surface area contributed by atoms with Gasteiger partial charge in [0.15, 0.2) is 5.65 Å². The Morgan fingerprint density at radius 3 is 2.53 bits per heavy atom. The van der Waals surface area contributed by atoms with Gasteiger partial charge in [-0.15, -0.1) is 6.42 Å². The monoisotopic (exact) mass is 508 g/mol. The molecule has 0 spiro atoms. The zero-order valence-corrected chi connectivity index (χ0v) is 21.9. The number of hydrogen-bond acceptors (Lipinski definition) is 7. The highest BCUT2D eigenvalue weighted by Crippen LogP contribution is 2.27. The van der Waals surface area contributed by atoms with Crippen LogP contribution in [0.25, 0.3) is 11.2 Å². The number of rotatable bonds is 7. The number of likely N-dealkylation sites (tertiary alicyclic amines) is 1. The molecule has 1 saturated heterocycles. The van der Waals surface area contributed by atoms with E-state index in [1.807, 2.05) is 53.1 Å². The lowest BCUT2D eigenvalue weighted by Gasteiger charge is -2.29. The molecule has 2 aromatic carbocycles. The Labute approximate surface area is 222 Å². The number of imidazole rings is 1. The molecule has 1 amide bonds. The van der Waals surface area contributed by atoms with Gasteiger partial charge in [0.2, 0.25) is 11.9 Å². The van der Waals surface area contributed by atoms with Crippen LogP contribution in [-0.2, 0) is 0 Å². The zero-order valence-electron chi connectivity index (χ0n) is 21.9. The SMILES string of the molecule is C#Cc1cccc(Nc2nc3cnc(Nc4ccc(C(=O)NC5CCN(C)CC5)cc4)nc3n2C(C)C)c1. The predicted molar refractivity (Wildman–Crippen MR) is 151 cm³/mol. The van der Waals surface area contributed by atoms with Gasteiger partial charge in [-0.05, 0) is 89.3 Å². The minimum Gasteiger partial charge on any atom is -0.349 e. The molecule has 4 aromatic rings. The van der Waals surface area contributed by atoms with Crippen LogP contribution in [0.15, 0.2) is 54.7 Å². The average molecular weight is 509 g/mol. The van der Waals surface area contributed by atoms with Crippen molar-refractivity contribution in [2.75, 3.05) is 30.8 Å². The molecule has 38 heavy (non-hydrogen) atoms. The minimum absolute atomic E-state index is 0.0441. The van der Waals surface area contributed by atoms with Gasteiger partial charge in [-0.25, -0.2) is 9.97 Å². The molecule has 0 bridgehead atoms. The fourth-order valence-corrected chi connectivity index (χ4v) is 4.60. The third-order valence-corrected chi connectivity index (χ3v) is 6.69. The molecule has 9 nitrogen and oxygen atoms in total. The Morgan fingerprint density at radius 1 is 1.05 bits per heavy atom. The van der Waals surface area contributed by atoms with Gasteiger partial charge in [0.05, 0.1) is 6.20 Å². The fourth-order valence-electron chi connectivity index (χ4n) is 4.60. The molecule has 1 aliphatic heterocycles. The van der Waals surface area contributed by atoms with Gasteiger partial charge in [-0.3, -0.25) is 9.36 Å². The molecule has 0 aliphatic carbocycles. The summed E-state index contributed by atoms with van der Waals surface area (Å²) in [7, 11) is 2.11. The van der Waals surface area contributed by atoms with Crippen LogP contribution in [0.4, 0.5) is 23.3 Å². The predicted octanol–water partition coefficient (Wildman–Crippen LogP) is 4.70. The molecule has 1 fully saturated rings. The quantitative estimate of drug-likeness (QED) is 0.311. The van der Waals surface area contributed by atoms with Crippen molar-refractivity contribution in [1.82, 2.24) is 29.7 Å². The van der Waals surface area contributed by atoms with E-state index in [4.69, 9.17) is 16.4 Å². The molecule has 0 saturated carbocycles. The smallest absolute Gasteiger partial charge is 0.251 e. The highest BCUT2D eigenvalue weighted by atomic mass is 16.1. The second-order valence-electron chi connectivity index (χ2n) is 9.91. The Balaban J connectivity index is 1.31. The summed E-state index contributed by atoms with van der Waals surface area (Å²) in [5.41, 5.74) is 4.46. The highest BCUT2D eigenvalue weighted by Gasteiger charge is 2.19. The van der Waals surface area contributed by atoms with Crippen molar-refractivity contribution in [1.29, 1.82) is 0 Å². The van der Waals surface area contributed by atoms with Crippen LogP contribution >= 0.6 is 0 Å². The highest BCUT2D eigenvalue weighted by molar-refractivity contribution is 5.94. The number of terminal acetylenes is 1. The number of amides is 1. The molecule has 0 atom stereocenters. The number of carbonyl (C=O) groups is 1. The number of nitrogens with zero attached hydrogens (tertiary/aromatic N) is 5. The third kappa shape index (κ3) is 5.61. The van der Waals surface area contributed by atoms with Crippen LogP contribution < -0.4 is 16.0 Å². The van der Waals surface area contributed by atoms with E-state index in [9.17, 15) is 4.79 Å². The summed E-state index contributed by atoms with van der Waals surface area (Å²) in [4.78, 5) is 28.9. The molecule has 1 aliphatic rings. The number of nitrogens with one attached hydrogen (secondary N) is 3. The van der Waals surface area contributed by atoms with E-state index in [0.29, 0.717) is 28.6 Å². The van der Waals surface area contributed by atoms with Gasteiger partial charge >= 0.3 is 0 Å². The first-order chi connectivity index (χ1) is 18.4. The first-order valence-electron chi connectivity index (χ1n) is 12.8. The largest absolute Gasteiger partial charge is 0.349 e. The standard InChI is InChI=1S/C29H32N8O/c1-5-20-7-6-8-24(17-20)33-29-34-25-18-30-28(35-26(25)37(29)19(2)3)32-22-11-9-21(10-12-22)27(38)31-23-13-15-36(4)16-14-23/h1,6-12,17-19,23H,13-16H2,2-4H3,(H,31,38)(H,33,34)(H,30,32,35). The number of aromatic nitrogens is 4. The van der Waals surface area contributed by atoms with E-state index >= 15 is 0 Å². The van der Waals surface area contributed by atoms with E-state index in [-0.39, 0.29) is 18.0 Å². The first kappa shape index (κ1) is 25.2. The second-order valence-corrected chi connectivity index (χ2v) is 9.91. The Morgan fingerprint density at radius 2 is 1.82 bits per heavy atom. The first-order valence-corrected chi connectivity index (χ1v) is 12.8. The minimum atomic E-state index is -0.0441. The van der Waals surface area contributed by atoms with Crippen LogP contribution in [-0.4, -0.2) is 56.5 Å². The third-order valence-electron chi connectivity index (χ3n) is 6.69. The van der Waals surface area contributed by atoms with Gasteiger partial charge in [0.1, 0.15) is 5.52 Å². The molecule has 194 valence electrons. The van der Waals surface area contributed by atoms with Crippen LogP contribution in [0.5, 0.6) is 0 Å². The molecule has 5 rings (SSSR count). The summed E-state index contributed by atoms with van der Waals surface area (Å²) in [6.07, 6.45) is 9.21. The van der Waals surface area contributed by atoms with Crippen molar-refractivity contribution in [2.24, 2.45) is 0 Å². The number of hydrogen-bond donors (Lipinski definition) is 3. The topological polar surface area (TPSA) is 100 Å². The Bertz CT molecular complexity index is 1480. The van der Waals surface area contributed by atoms with E-state index in [1.54, 1.807) is 6.20 Å². The summed E-state index contributed by atoms with van der Waals surface area (Å²) < 4.78 is 2.03. The number of carbonyl (C=O) groups excluding carboxylic acids is 1. The average Bonchev–Trinajstić information content (AvgIpc) is 3.27. The summed E-state index contributed by atoms with van der Waals surface area (Å²) >= 11 is 0. The van der Waals surface area contributed by atoms with E-state index in [1.165, 1.54) is 0 Å². The molecular formula is C29H32N8O. The van der Waals surface area contributed by atoms with Crippen molar-refractivity contribution in [2.45, 2.75) is 38.8 Å². The molecular weight excluding hydrogens is 476 g/mol. The van der Waals surface area contributed by atoms with Crippen LogP contribution in [0.3, 0.4) is 0 Å². The molecule has 0 unspecified atom stereocenters. The zero-order chi connectivity index (χ0) is 26.6. The lowest BCUT2D eigenvalue weighted by Crippen LogP contribution is -2.43. The van der Waals surface area contributed by atoms with Crippen molar-refractivity contribution in [3.63, 3.8) is 0 Å². The fraction of sp³-hybridized carbons (Fsp3) is 0.310. The molecule has 2 aromatic heterocycles. The van der Waals surface area contributed by atoms with Crippen LogP contribution in [0.2, 0.25) is 0 Å². The van der Waals surface area contributed by atoms with Crippen molar-refractivity contribution in [3.8, 4) is 12.3 Å². The van der Waals surface area contributed by atoms with E-state index in [2.05, 4.69) is 52.6 Å². The molecule has 9 heteroatoms. The number of fused-ring (bicyclic) bond motifs is 1. The van der Waals surface area contributed by atoms with Gasteiger partial charge in [0.25, 0.3) is 5.91 Å². The molecule has 0 radical (unpaired) electrons. The van der Waals surface area contributed by atoms with Gasteiger partial charge in [0, 0.05) is 34.6 Å². The maximum absolute atomic E-state index is 12.7. The lowest BCUT2D eigenvalue weighted by atomic mass is 10.0. The van der Waals surface area contributed by atoms with Gasteiger partial charge in [-0.2, -0.15) is 4.98 Å². The van der Waals surface area contributed by atoms with Gasteiger partial charge in [-0.1, -0.05) is 12.0 Å². The van der Waals surface area contributed by atoms with Crippen molar-refractivity contribution in [3.05, 3.63) is 65.9 Å². The summed E-state index contributed by atoms with van der Waals surface area (Å²) in [6, 6.07) is 15.3. The molecule has 3 N–H and O–H groups in total. The van der Waals surface area contributed by atoms with Gasteiger partial charge < -0.3 is 20.9 Å². The number of piperidine rings is 1. The summed E-state index contributed by atoms with van der Waals surface area (Å²) in [6.45, 7) is 6.16. The van der Waals surface area contributed by atoms with Crippen LogP contribution in [0.1, 0.15) is 48.7 Å². The number of benzene rings is 2. The van der Waals surface area contributed by atoms with E-state index in [0.717, 1.165) is 42.9 Å². The Kier molecular flexibility index (Phi) is 7.24. The summed E-state index contributed by atoms with van der Waals surface area (Å²) in [5, 5.41) is 9.76. The second kappa shape index (κ2) is 10.9. The van der Waals surface area contributed by atoms with E-state index < -0.39 is 0 Å². The maximum Gasteiger partial charge on any atom is 0.251 e. The normalized spacial score (nSPS) is 14.4.